The molecule has 0 bridgehead atoms. The van der Waals surface area contributed by atoms with Gasteiger partial charge in [-0.2, -0.15) is 0 Å². The number of nitrogens with zero attached hydrogens (tertiary/aromatic N) is 1. The molecule has 9 heteroatoms. The van der Waals surface area contributed by atoms with E-state index in [0.717, 1.165) is 33.5 Å². The largest absolute Gasteiger partial charge is 0.497 e. The van der Waals surface area contributed by atoms with Crippen molar-refractivity contribution in [2.75, 3.05) is 27.3 Å². The van der Waals surface area contributed by atoms with Gasteiger partial charge in [0.15, 0.2) is 0 Å². The van der Waals surface area contributed by atoms with Gasteiger partial charge in [0.05, 0.1) is 19.1 Å². The van der Waals surface area contributed by atoms with Crippen LogP contribution in [0, 0.1) is 0 Å². The van der Waals surface area contributed by atoms with E-state index in [1.54, 1.807) is 20.3 Å². The predicted molar refractivity (Wildman–Crippen MR) is 139 cm³/mol. The Labute approximate surface area is 207 Å². The summed E-state index contributed by atoms with van der Waals surface area (Å²) in [5, 5.41) is 4.01. The van der Waals surface area contributed by atoms with Gasteiger partial charge in [-0.3, -0.25) is 14.5 Å². The van der Waals surface area contributed by atoms with Gasteiger partial charge in [-0.05, 0) is 54.0 Å². The van der Waals surface area contributed by atoms with Crippen molar-refractivity contribution in [3.05, 3.63) is 64.7 Å². The van der Waals surface area contributed by atoms with E-state index in [-0.39, 0.29) is 24.8 Å². The third-order valence-corrected chi connectivity index (χ3v) is 6.92. The molecule has 2 aromatic carbocycles. The van der Waals surface area contributed by atoms with Crippen molar-refractivity contribution in [1.29, 1.82) is 0 Å². The molecule has 0 aliphatic carbocycles. The number of thioether (sulfide) groups is 1. The number of ether oxygens (including phenoxy) is 2. The second-order valence-electron chi connectivity index (χ2n) is 7.68. The smallest absolute Gasteiger partial charge is 0.266 e. The van der Waals surface area contributed by atoms with Gasteiger partial charge in [-0.15, -0.1) is 0 Å². The van der Waals surface area contributed by atoms with Crippen LogP contribution in [0.3, 0.4) is 0 Å². The number of carbonyl (C=O) groups excluding carboxylic acids is 2. The van der Waals surface area contributed by atoms with Gasteiger partial charge in [0, 0.05) is 36.6 Å². The SMILES string of the molecule is COc1ccc(C=C2SC(=S)N(CCC(=O)NCCc3c[nH]c4ccc(OC)cc34)C2=O)cc1. The molecule has 176 valence electrons. The Morgan fingerprint density at radius 3 is 2.62 bits per heavy atom. The van der Waals surface area contributed by atoms with Crippen molar-refractivity contribution in [2.45, 2.75) is 12.8 Å². The Balaban J connectivity index is 1.27. The summed E-state index contributed by atoms with van der Waals surface area (Å²) in [6.07, 6.45) is 4.62. The monoisotopic (exact) mass is 495 g/mol. The van der Waals surface area contributed by atoms with Crippen LogP contribution in [-0.4, -0.2) is 53.3 Å². The van der Waals surface area contributed by atoms with Crippen LogP contribution >= 0.6 is 24.0 Å². The number of amides is 2. The molecule has 1 aromatic heterocycles. The fourth-order valence-corrected chi connectivity index (χ4v) is 4.98. The number of thiocarbonyl (C=S) groups is 1. The molecule has 2 heterocycles. The minimum absolute atomic E-state index is 0.120. The zero-order chi connectivity index (χ0) is 24.1. The Bertz CT molecular complexity index is 1250. The first kappa shape index (κ1) is 23.8. The summed E-state index contributed by atoms with van der Waals surface area (Å²) in [6, 6.07) is 13.3. The average molecular weight is 496 g/mol. The van der Waals surface area contributed by atoms with E-state index in [1.165, 1.54) is 16.7 Å². The Kier molecular flexibility index (Phi) is 7.54. The summed E-state index contributed by atoms with van der Waals surface area (Å²) >= 11 is 6.62. The Morgan fingerprint density at radius 1 is 1.15 bits per heavy atom. The quantitative estimate of drug-likeness (QED) is 0.343. The molecule has 1 saturated heterocycles. The average Bonchev–Trinajstić information content (AvgIpc) is 3.37. The van der Waals surface area contributed by atoms with Gasteiger partial charge in [0.1, 0.15) is 15.8 Å². The van der Waals surface area contributed by atoms with Crippen LogP contribution in [0.2, 0.25) is 0 Å². The lowest BCUT2D eigenvalue weighted by molar-refractivity contribution is -0.123. The Morgan fingerprint density at radius 2 is 1.88 bits per heavy atom. The number of aromatic amines is 1. The molecular weight excluding hydrogens is 470 g/mol. The lowest BCUT2D eigenvalue weighted by atomic mass is 10.1. The first-order chi connectivity index (χ1) is 16.5. The molecule has 3 aromatic rings. The van der Waals surface area contributed by atoms with Crippen LogP contribution in [0.1, 0.15) is 17.5 Å². The number of fused-ring (bicyclic) bond motifs is 1. The molecule has 1 aliphatic heterocycles. The predicted octanol–water partition coefficient (Wildman–Crippen LogP) is 4.14. The summed E-state index contributed by atoms with van der Waals surface area (Å²) in [7, 11) is 3.25. The zero-order valence-electron chi connectivity index (χ0n) is 18.9. The fourth-order valence-electron chi connectivity index (χ4n) is 3.67. The van der Waals surface area contributed by atoms with Crippen molar-refractivity contribution in [2.24, 2.45) is 0 Å². The second kappa shape index (κ2) is 10.8. The van der Waals surface area contributed by atoms with Gasteiger partial charge in [0.2, 0.25) is 5.91 Å². The molecular formula is C25H25N3O4S2. The van der Waals surface area contributed by atoms with Crippen LogP contribution in [0.5, 0.6) is 11.5 Å². The highest BCUT2D eigenvalue weighted by Gasteiger charge is 2.32. The van der Waals surface area contributed by atoms with Crippen molar-refractivity contribution in [3.63, 3.8) is 0 Å². The van der Waals surface area contributed by atoms with Gasteiger partial charge in [0.25, 0.3) is 5.91 Å². The first-order valence-electron chi connectivity index (χ1n) is 10.8. The van der Waals surface area contributed by atoms with Crippen molar-refractivity contribution in [3.8, 4) is 11.5 Å². The highest BCUT2D eigenvalue weighted by Crippen LogP contribution is 2.32. The normalized spacial score (nSPS) is 14.8. The lowest BCUT2D eigenvalue weighted by Gasteiger charge is -2.14. The standard InChI is InChI=1S/C25H25N3O4S2/c1-31-18-5-3-16(4-6-18)13-22-24(30)28(25(33)34-22)12-10-23(29)26-11-9-17-15-27-21-8-7-19(32-2)14-20(17)21/h3-8,13-15,27H,9-12H2,1-2H3,(H,26,29). The van der Waals surface area contributed by atoms with Gasteiger partial charge in [-0.25, -0.2) is 0 Å². The van der Waals surface area contributed by atoms with Crippen molar-refractivity contribution in [1.82, 2.24) is 15.2 Å². The third-order valence-electron chi connectivity index (χ3n) is 5.54. The minimum atomic E-state index is -0.175. The van der Waals surface area contributed by atoms with Crippen LogP contribution < -0.4 is 14.8 Å². The van der Waals surface area contributed by atoms with Gasteiger partial charge < -0.3 is 19.8 Å². The van der Waals surface area contributed by atoms with Crippen molar-refractivity contribution >= 4 is 57.1 Å². The number of hydrogen-bond acceptors (Lipinski definition) is 6. The van der Waals surface area contributed by atoms with E-state index in [1.807, 2.05) is 48.7 Å². The lowest BCUT2D eigenvalue weighted by Crippen LogP contribution is -2.34. The molecule has 0 saturated carbocycles. The summed E-state index contributed by atoms with van der Waals surface area (Å²) in [6.45, 7) is 0.750. The Hall–Kier alpha value is -3.30. The van der Waals surface area contributed by atoms with Gasteiger partial charge in [-0.1, -0.05) is 36.1 Å². The van der Waals surface area contributed by atoms with Crippen LogP contribution in [0.4, 0.5) is 0 Å². The number of aromatic nitrogens is 1. The maximum Gasteiger partial charge on any atom is 0.266 e. The fraction of sp³-hybridized carbons (Fsp3) is 0.240. The number of carbonyl (C=O) groups is 2. The van der Waals surface area contributed by atoms with E-state index in [0.29, 0.717) is 22.2 Å². The summed E-state index contributed by atoms with van der Waals surface area (Å²) in [5.41, 5.74) is 3.02. The maximum atomic E-state index is 12.8. The molecule has 1 aliphatic rings. The molecule has 7 nitrogen and oxygen atoms in total. The number of rotatable bonds is 9. The number of benzene rings is 2. The second-order valence-corrected chi connectivity index (χ2v) is 9.36. The third kappa shape index (κ3) is 5.43. The molecule has 0 radical (unpaired) electrons. The van der Waals surface area contributed by atoms with E-state index >= 15 is 0 Å². The summed E-state index contributed by atoms with van der Waals surface area (Å²) in [5.74, 6) is 1.25. The number of methoxy groups -OCH3 is 2. The highest BCUT2D eigenvalue weighted by molar-refractivity contribution is 8.26. The minimum Gasteiger partial charge on any atom is -0.497 e. The summed E-state index contributed by atoms with van der Waals surface area (Å²) < 4.78 is 10.9. The number of hydrogen-bond donors (Lipinski definition) is 2. The van der Waals surface area contributed by atoms with Crippen LogP contribution in [-0.2, 0) is 16.0 Å². The van der Waals surface area contributed by atoms with Crippen molar-refractivity contribution < 1.29 is 19.1 Å². The zero-order valence-corrected chi connectivity index (χ0v) is 20.6. The number of H-pyrrole nitrogens is 1. The van der Waals surface area contributed by atoms with Gasteiger partial charge >= 0.3 is 0 Å². The molecule has 1 fully saturated rings. The van der Waals surface area contributed by atoms with E-state index in [4.69, 9.17) is 21.7 Å². The summed E-state index contributed by atoms with van der Waals surface area (Å²) in [4.78, 5) is 30.4. The topological polar surface area (TPSA) is 83.7 Å². The first-order valence-corrected chi connectivity index (χ1v) is 12.0. The van der Waals surface area contributed by atoms with E-state index < -0.39 is 0 Å². The molecule has 2 amide bonds. The molecule has 2 N–H and O–H groups in total. The molecule has 0 unspecified atom stereocenters. The number of nitrogens with one attached hydrogen (secondary N) is 2. The van der Waals surface area contributed by atoms with E-state index in [9.17, 15) is 9.59 Å². The molecule has 34 heavy (non-hydrogen) atoms. The highest BCUT2D eigenvalue weighted by atomic mass is 32.2. The molecule has 4 rings (SSSR count). The van der Waals surface area contributed by atoms with E-state index in [2.05, 4.69) is 10.3 Å². The van der Waals surface area contributed by atoms with Crippen LogP contribution in [0.25, 0.3) is 17.0 Å². The van der Waals surface area contributed by atoms with Crippen LogP contribution in [0.15, 0.2) is 53.6 Å². The maximum absolute atomic E-state index is 12.8. The molecule has 0 atom stereocenters. The molecule has 0 spiro atoms.